The third-order valence-electron chi connectivity index (χ3n) is 4.31. The Hall–Kier alpha value is -4.33. The van der Waals surface area contributed by atoms with Gasteiger partial charge in [0, 0.05) is 23.0 Å². The predicted octanol–water partition coefficient (Wildman–Crippen LogP) is 3.84. The summed E-state index contributed by atoms with van der Waals surface area (Å²) < 4.78 is 5.92. The molecule has 0 aliphatic heterocycles. The van der Waals surface area contributed by atoms with Crippen LogP contribution in [0, 0.1) is 5.41 Å². The lowest BCUT2D eigenvalue weighted by Crippen LogP contribution is -2.20. The van der Waals surface area contributed by atoms with Crippen molar-refractivity contribution in [2.24, 2.45) is 5.73 Å². The maximum atomic E-state index is 12.6. The molecule has 1 amide bonds. The van der Waals surface area contributed by atoms with Gasteiger partial charge in [0.1, 0.15) is 11.9 Å². The second-order valence-corrected chi connectivity index (χ2v) is 6.72. The number of carboxylic acids is 1. The number of rotatable bonds is 8. The van der Waals surface area contributed by atoms with Crippen molar-refractivity contribution in [2.75, 3.05) is 10.6 Å². The molecule has 0 bridgehead atoms. The fourth-order valence-electron chi connectivity index (χ4n) is 2.96. The van der Waals surface area contributed by atoms with Crippen LogP contribution in [0.2, 0.25) is 0 Å². The summed E-state index contributed by atoms with van der Waals surface area (Å²) in [7, 11) is 0. The SMILES string of the molecule is N=C(N)Nc1cccc(C(=O)Nc2cccc(OC(CC(=O)O)c3ccccc3)c2)c1. The van der Waals surface area contributed by atoms with Crippen LogP contribution in [-0.4, -0.2) is 22.9 Å². The summed E-state index contributed by atoms with van der Waals surface area (Å²) in [6, 6.07) is 22.4. The van der Waals surface area contributed by atoms with Crippen LogP contribution in [-0.2, 0) is 4.79 Å². The number of hydrogen-bond donors (Lipinski definition) is 5. The van der Waals surface area contributed by atoms with Crippen molar-refractivity contribution in [2.45, 2.75) is 12.5 Å². The summed E-state index contributed by atoms with van der Waals surface area (Å²) in [5, 5.41) is 21.9. The van der Waals surface area contributed by atoms with Crippen LogP contribution in [0.25, 0.3) is 0 Å². The number of amides is 1. The van der Waals surface area contributed by atoms with Gasteiger partial charge in [-0.3, -0.25) is 15.0 Å². The molecule has 0 aliphatic carbocycles. The molecule has 3 aromatic carbocycles. The summed E-state index contributed by atoms with van der Waals surface area (Å²) in [5.74, 6) is -1.12. The van der Waals surface area contributed by atoms with Gasteiger partial charge in [-0.1, -0.05) is 42.5 Å². The fourth-order valence-corrected chi connectivity index (χ4v) is 2.96. The number of carbonyl (C=O) groups is 2. The Kier molecular flexibility index (Phi) is 6.85. The first kappa shape index (κ1) is 21.4. The highest BCUT2D eigenvalue weighted by molar-refractivity contribution is 6.05. The zero-order valence-electron chi connectivity index (χ0n) is 16.5. The highest BCUT2D eigenvalue weighted by Crippen LogP contribution is 2.27. The van der Waals surface area contributed by atoms with Gasteiger partial charge < -0.3 is 26.2 Å². The van der Waals surface area contributed by atoms with E-state index >= 15 is 0 Å². The van der Waals surface area contributed by atoms with Gasteiger partial charge in [-0.25, -0.2) is 0 Å². The Morgan fingerprint density at radius 2 is 1.61 bits per heavy atom. The molecule has 0 saturated heterocycles. The highest BCUT2D eigenvalue weighted by atomic mass is 16.5. The summed E-state index contributed by atoms with van der Waals surface area (Å²) in [6.07, 6.45) is -0.865. The Bertz CT molecular complexity index is 1090. The number of guanidine groups is 1. The van der Waals surface area contributed by atoms with E-state index in [1.54, 1.807) is 60.7 Å². The van der Waals surface area contributed by atoms with Gasteiger partial charge in [-0.2, -0.15) is 0 Å². The average Bonchev–Trinajstić information content (AvgIpc) is 2.73. The molecule has 0 fully saturated rings. The zero-order valence-corrected chi connectivity index (χ0v) is 16.5. The number of hydrogen-bond acceptors (Lipinski definition) is 4. The van der Waals surface area contributed by atoms with Gasteiger partial charge in [-0.15, -0.1) is 0 Å². The van der Waals surface area contributed by atoms with Gasteiger partial charge in [0.15, 0.2) is 5.96 Å². The van der Waals surface area contributed by atoms with Crippen molar-refractivity contribution in [1.82, 2.24) is 0 Å². The minimum absolute atomic E-state index is 0.198. The van der Waals surface area contributed by atoms with Crippen molar-refractivity contribution in [3.05, 3.63) is 90.0 Å². The van der Waals surface area contributed by atoms with Crippen LogP contribution in [0.1, 0.15) is 28.4 Å². The molecule has 1 unspecified atom stereocenters. The molecular formula is C23H22N4O4. The van der Waals surface area contributed by atoms with Crippen LogP contribution in [0.4, 0.5) is 11.4 Å². The third-order valence-corrected chi connectivity index (χ3v) is 4.31. The lowest BCUT2D eigenvalue weighted by Gasteiger charge is -2.18. The largest absolute Gasteiger partial charge is 0.485 e. The van der Waals surface area contributed by atoms with E-state index < -0.39 is 12.1 Å². The van der Waals surface area contributed by atoms with Crippen LogP contribution in [0.15, 0.2) is 78.9 Å². The normalized spacial score (nSPS) is 11.2. The summed E-state index contributed by atoms with van der Waals surface area (Å²) in [4.78, 5) is 23.9. The molecule has 0 aliphatic rings. The predicted molar refractivity (Wildman–Crippen MR) is 118 cm³/mol. The Labute approximate surface area is 179 Å². The lowest BCUT2D eigenvalue weighted by molar-refractivity contribution is -0.138. The summed E-state index contributed by atoms with van der Waals surface area (Å²) in [5.41, 5.74) is 7.47. The third kappa shape index (κ3) is 6.33. The number of aliphatic carboxylic acids is 1. The van der Waals surface area contributed by atoms with Gasteiger partial charge in [0.25, 0.3) is 5.91 Å². The average molecular weight is 418 g/mol. The molecule has 8 heteroatoms. The van der Waals surface area contributed by atoms with Crippen LogP contribution in [0.3, 0.4) is 0 Å². The number of benzene rings is 3. The quantitative estimate of drug-likeness (QED) is 0.278. The second-order valence-electron chi connectivity index (χ2n) is 6.72. The molecule has 6 N–H and O–H groups in total. The first-order valence-corrected chi connectivity index (χ1v) is 9.46. The molecule has 0 spiro atoms. The Morgan fingerprint density at radius 3 is 2.29 bits per heavy atom. The van der Waals surface area contributed by atoms with E-state index in [1.165, 1.54) is 0 Å². The molecular weight excluding hydrogens is 396 g/mol. The molecule has 31 heavy (non-hydrogen) atoms. The summed E-state index contributed by atoms with van der Waals surface area (Å²) >= 11 is 0. The molecule has 0 radical (unpaired) electrons. The van der Waals surface area contributed by atoms with Crippen LogP contribution < -0.4 is 21.1 Å². The van der Waals surface area contributed by atoms with E-state index in [1.807, 2.05) is 18.2 Å². The smallest absolute Gasteiger partial charge is 0.307 e. The highest BCUT2D eigenvalue weighted by Gasteiger charge is 2.18. The molecule has 0 saturated carbocycles. The van der Waals surface area contributed by atoms with E-state index in [-0.39, 0.29) is 18.3 Å². The van der Waals surface area contributed by atoms with Crippen molar-refractivity contribution in [3.8, 4) is 5.75 Å². The van der Waals surface area contributed by atoms with E-state index in [2.05, 4.69) is 10.6 Å². The molecule has 158 valence electrons. The summed E-state index contributed by atoms with van der Waals surface area (Å²) in [6.45, 7) is 0. The molecule has 3 rings (SSSR count). The monoisotopic (exact) mass is 418 g/mol. The maximum Gasteiger partial charge on any atom is 0.307 e. The molecule has 0 aromatic heterocycles. The number of carboxylic acid groups (broad SMARTS) is 1. The molecule has 0 heterocycles. The fraction of sp³-hybridized carbons (Fsp3) is 0.0870. The van der Waals surface area contributed by atoms with E-state index in [4.69, 9.17) is 15.9 Å². The molecule has 1 atom stereocenters. The van der Waals surface area contributed by atoms with Crippen molar-refractivity contribution >= 4 is 29.2 Å². The van der Waals surface area contributed by atoms with Gasteiger partial charge in [0.05, 0.1) is 6.42 Å². The van der Waals surface area contributed by atoms with E-state index in [0.29, 0.717) is 22.7 Å². The molecule has 3 aromatic rings. The van der Waals surface area contributed by atoms with E-state index in [9.17, 15) is 14.7 Å². The number of carbonyl (C=O) groups excluding carboxylic acids is 1. The minimum atomic E-state index is -0.975. The Balaban J connectivity index is 1.74. The van der Waals surface area contributed by atoms with Gasteiger partial charge >= 0.3 is 5.97 Å². The maximum absolute atomic E-state index is 12.6. The first-order chi connectivity index (χ1) is 14.9. The van der Waals surface area contributed by atoms with Gasteiger partial charge in [0.2, 0.25) is 0 Å². The first-order valence-electron chi connectivity index (χ1n) is 9.46. The van der Waals surface area contributed by atoms with Crippen LogP contribution >= 0.6 is 0 Å². The topological polar surface area (TPSA) is 138 Å². The van der Waals surface area contributed by atoms with Crippen molar-refractivity contribution < 1.29 is 19.4 Å². The number of nitrogens with one attached hydrogen (secondary N) is 3. The minimum Gasteiger partial charge on any atom is -0.485 e. The second kappa shape index (κ2) is 9.93. The number of anilines is 2. The van der Waals surface area contributed by atoms with E-state index in [0.717, 1.165) is 5.56 Å². The number of nitrogens with two attached hydrogens (primary N) is 1. The lowest BCUT2D eigenvalue weighted by atomic mass is 10.1. The van der Waals surface area contributed by atoms with Crippen molar-refractivity contribution in [1.29, 1.82) is 5.41 Å². The molecule has 8 nitrogen and oxygen atoms in total. The zero-order chi connectivity index (χ0) is 22.2. The standard InChI is InChI=1S/C23H22N4O4/c24-23(25)27-17-9-4-8-16(12-17)22(30)26-18-10-5-11-19(13-18)31-20(14-21(28)29)15-6-2-1-3-7-15/h1-13,20H,14H2,(H,26,30)(H,28,29)(H4,24,25,27). The van der Waals surface area contributed by atoms with Gasteiger partial charge in [-0.05, 0) is 35.9 Å². The number of ether oxygens (including phenoxy) is 1. The Morgan fingerprint density at radius 1 is 0.935 bits per heavy atom. The van der Waals surface area contributed by atoms with Crippen molar-refractivity contribution in [3.63, 3.8) is 0 Å². The van der Waals surface area contributed by atoms with Crippen LogP contribution in [0.5, 0.6) is 5.75 Å².